The number of aromatic nitrogens is 1. The number of halogens is 1. The van der Waals surface area contributed by atoms with Gasteiger partial charge in [-0.2, -0.15) is 0 Å². The van der Waals surface area contributed by atoms with Gasteiger partial charge in [0.25, 0.3) is 0 Å². The summed E-state index contributed by atoms with van der Waals surface area (Å²) >= 11 is 7.89. The van der Waals surface area contributed by atoms with Crippen molar-refractivity contribution in [2.75, 3.05) is 0 Å². The fraction of sp³-hybridized carbons (Fsp3) is 0.143. The Morgan fingerprint density at radius 1 is 1.10 bits per heavy atom. The Balaban J connectivity index is 1.42. The molecule has 2 aromatic heterocycles. The number of hydrogen-bond donors (Lipinski definition) is 4. The molecule has 6 nitrogen and oxygen atoms in total. The highest BCUT2D eigenvalue weighted by atomic mass is 35.5. The fourth-order valence-electron chi connectivity index (χ4n) is 3.27. The number of para-hydroxylation sites is 1. The highest BCUT2D eigenvalue weighted by Crippen LogP contribution is 2.34. The molecule has 0 saturated carbocycles. The average molecular weight is 428 g/mol. The van der Waals surface area contributed by atoms with Crippen molar-refractivity contribution in [3.8, 4) is 0 Å². The Bertz CT molecular complexity index is 1200. The van der Waals surface area contributed by atoms with Gasteiger partial charge in [0.15, 0.2) is 0 Å². The number of urea groups is 1. The number of thiophene rings is 1. The largest absolute Gasteiger partial charge is 0.480 e. The third-order valence-electron chi connectivity index (χ3n) is 4.71. The average Bonchev–Trinajstić information content (AvgIpc) is 3.27. The summed E-state index contributed by atoms with van der Waals surface area (Å²) in [6.45, 7) is 0.226. The molecule has 2 aromatic carbocycles. The molecule has 148 valence electrons. The number of carbonyl (C=O) groups excluding carboxylic acids is 1. The van der Waals surface area contributed by atoms with Gasteiger partial charge >= 0.3 is 12.0 Å². The smallest absolute Gasteiger partial charge is 0.326 e. The number of H-pyrrole nitrogens is 1. The third-order valence-corrected chi connectivity index (χ3v) is 6.43. The van der Waals surface area contributed by atoms with Crippen molar-refractivity contribution in [3.05, 3.63) is 70.2 Å². The summed E-state index contributed by atoms with van der Waals surface area (Å²) in [4.78, 5) is 27.9. The van der Waals surface area contributed by atoms with Crippen molar-refractivity contribution in [1.82, 2.24) is 15.6 Å². The van der Waals surface area contributed by atoms with Gasteiger partial charge in [-0.05, 0) is 17.7 Å². The second-order valence-corrected chi connectivity index (χ2v) is 8.13. The molecule has 0 bridgehead atoms. The molecule has 0 aliphatic carbocycles. The predicted octanol–water partition coefficient (Wildman–Crippen LogP) is 4.53. The van der Waals surface area contributed by atoms with Crippen molar-refractivity contribution >= 4 is 55.9 Å². The second-order valence-electron chi connectivity index (χ2n) is 6.62. The van der Waals surface area contributed by atoms with Gasteiger partial charge in [0.1, 0.15) is 6.04 Å². The van der Waals surface area contributed by atoms with Crippen LogP contribution in [0.2, 0.25) is 5.02 Å². The highest BCUT2D eigenvalue weighted by molar-refractivity contribution is 7.19. The molecule has 0 saturated heterocycles. The maximum Gasteiger partial charge on any atom is 0.326 e. The minimum absolute atomic E-state index is 0.177. The lowest BCUT2D eigenvalue weighted by atomic mass is 10.1. The minimum atomic E-state index is -1.09. The zero-order valence-electron chi connectivity index (χ0n) is 15.2. The number of aliphatic carboxylic acids is 1. The van der Waals surface area contributed by atoms with Gasteiger partial charge in [-0.25, -0.2) is 9.59 Å². The number of carboxylic acid groups (broad SMARTS) is 1. The minimum Gasteiger partial charge on any atom is -0.480 e. The van der Waals surface area contributed by atoms with E-state index in [1.165, 1.54) is 11.3 Å². The SMILES string of the molecule is O=C(NCc1sc2ccccc2c1Cl)NC(Cc1c[nH]c2ccccc12)C(=O)O. The number of hydrogen-bond acceptors (Lipinski definition) is 3. The summed E-state index contributed by atoms with van der Waals surface area (Å²) < 4.78 is 1.04. The van der Waals surface area contributed by atoms with Gasteiger partial charge in [-0.1, -0.05) is 48.0 Å². The van der Waals surface area contributed by atoms with Crippen LogP contribution in [-0.4, -0.2) is 28.1 Å². The quantitative estimate of drug-likeness (QED) is 0.364. The first-order valence-electron chi connectivity index (χ1n) is 9.01. The Kier molecular flexibility index (Phi) is 5.42. The topological polar surface area (TPSA) is 94.2 Å². The van der Waals surface area contributed by atoms with Crippen molar-refractivity contribution < 1.29 is 14.7 Å². The van der Waals surface area contributed by atoms with E-state index in [2.05, 4.69) is 15.6 Å². The summed E-state index contributed by atoms with van der Waals surface area (Å²) in [5.74, 6) is -1.09. The molecule has 4 rings (SSSR count). The van der Waals surface area contributed by atoms with Gasteiger partial charge in [0.2, 0.25) is 0 Å². The van der Waals surface area contributed by atoms with E-state index >= 15 is 0 Å². The molecular weight excluding hydrogens is 410 g/mol. The molecule has 0 aliphatic heterocycles. The van der Waals surface area contributed by atoms with Crippen LogP contribution < -0.4 is 10.6 Å². The lowest BCUT2D eigenvalue weighted by Crippen LogP contribution is -2.46. The van der Waals surface area contributed by atoms with E-state index in [0.29, 0.717) is 5.02 Å². The Hall–Kier alpha value is -3.03. The molecule has 0 fully saturated rings. The van der Waals surface area contributed by atoms with E-state index in [0.717, 1.165) is 31.4 Å². The van der Waals surface area contributed by atoms with Crippen molar-refractivity contribution in [1.29, 1.82) is 0 Å². The Morgan fingerprint density at radius 3 is 2.59 bits per heavy atom. The van der Waals surface area contributed by atoms with E-state index in [4.69, 9.17) is 11.6 Å². The Morgan fingerprint density at radius 2 is 1.83 bits per heavy atom. The zero-order valence-corrected chi connectivity index (χ0v) is 16.8. The molecular formula is C21H18ClN3O3S. The van der Waals surface area contributed by atoms with E-state index in [-0.39, 0.29) is 13.0 Å². The summed E-state index contributed by atoms with van der Waals surface area (Å²) in [7, 11) is 0. The number of carbonyl (C=O) groups is 2. The summed E-state index contributed by atoms with van der Waals surface area (Å²) in [6, 6.07) is 13.8. The van der Waals surface area contributed by atoms with Crippen LogP contribution in [0.5, 0.6) is 0 Å². The van der Waals surface area contributed by atoms with Crippen LogP contribution in [-0.2, 0) is 17.8 Å². The lowest BCUT2D eigenvalue weighted by molar-refractivity contribution is -0.139. The zero-order chi connectivity index (χ0) is 20.4. The molecule has 8 heteroatoms. The molecule has 0 aliphatic rings. The van der Waals surface area contributed by atoms with Crippen LogP contribution in [0.4, 0.5) is 4.79 Å². The first-order valence-corrected chi connectivity index (χ1v) is 10.2. The summed E-state index contributed by atoms with van der Waals surface area (Å²) in [6.07, 6.45) is 1.95. The van der Waals surface area contributed by atoms with E-state index in [9.17, 15) is 14.7 Å². The van der Waals surface area contributed by atoms with Gasteiger partial charge in [0.05, 0.1) is 11.6 Å². The van der Waals surface area contributed by atoms with Crippen LogP contribution in [0.3, 0.4) is 0 Å². The first kappa shape index (κ1) is 19.3. The number of benzene rings is 2. The summed E-state index contributed by atoms with van der Waals surface area (Å²) in [5.41, 5.74) is 1.76. The fourth-order valence-corrected chi connectivity index (χ4v) is 4.71. The van der Waals surface area contributed by atoms with Crippen LogP contribution in [0.15, 0.2) is 54.7 Å². The highest BCUT2D eigenvalue weighted by Gasteiger charge is 2.22. The van der Waals surface area contributed by atoms with E-state index in [1.807, 2.05) is 48.5 Å². The maximum atomic E-state index is 12.3. The predicted molar refractivity (Wildman–Crippen MR) is 116 cm³/mol. The number of carboxylic acids is 1. The maximum absolute atomic E-state index is 12.3. The standard InChI is InChI=1S/C21H18ClN3O3S/c22-19-14-6-2-4-8-17(14)29-18(19)11-24-21(28)25-16(20(26)27)9-12-10-23-15-7-3-1-5-13(12)15/h1-8,10,16,23H,9,11H2,(H,26,27)(H2,24,25,28). The molecule has 0 spiro atoms. The van der Waals surface area contributed by atoms with Crippen LogP contribution >= 0.6 is 22.9 Å². The van der Waals surface area contributed by atoms with Gasteiger partial charge in [-0.3, -0.25) is 0 Å². The molecule has 4 N–H and O–H groups in total. The molecule has 1 atom stereocenters. The molecule has 2 amide bonds. The normalized spacial score (nSPS) is 12.2. The van der Waals surface area contributed by atoms with Gasteiger partial charge < -0.3 is 20.7 Å². The molecule has 0 radical (unpaired) electrons. The van der Waals surface area contributed by atoms with E-state index < -0.39 is 18.0 Å². The monoisotopic (exact) mass is 427 g/mol. The van der Waals surface area contributed by atoms with Gasteiger partial charge in [0, 0.05) is 38.5 Å². The second kappa shape index (κ2) is 8.14. The number of amides is 2. The van der Waals surface area contributed by atoms with E-state index in [1.54, 1.807) is 6.20 Å². The first-order chi connectivity index (χ1) is 14.0. The Labute approximate surface area is 175 Å². The number of aromatic amines is 1. The molecule has 29 heavy (non-hydrogen) atoms. The van der Waals surface area contributed by atoms with Crippen LogP contribution in [0.25, 0.3) is 21.0 Å². The molecule has 1 unspecified atom stereocenters. The van der Waals surface area contributed by atoms with Crippen LogP contribution in [0.1, 0.15) is 10.4 Å². The van der Waals surface area contributed by atoms with Crippen molar-refractivity contribution in [2.24, 2.45) is 0 Å². The third kappa shape index (κ3) is 4.06. The molecule has 2 heterocycles. The summed E-state index contributed by atoms with van der Waals surface area (Å²) in [5, 5.41) is 17.3. The number of fused-ring (bicyclic) bond motifs is 2. The van der Waals surface area contributed by atoms with Crippen LogP contribution in [0, 0.1) is 0 Å². The number of nitrogens with one attached hydrogen (secondary N) is 3. The number of rotatable bonds is 6. The van der Waals surface area contributed by atoms with Crippen molar-refractivity contribution in [3.63, 3.8) is 0 Å². The lowest BCUT2D eigenvalue weighted by Gasteiger charge is -2.15. The van der Waals surface area contributed by atoms with Gasteiger partial charge in [-0.15, -0.1) is 11.3 Å². The molecule has 4 aromatic rings. The van der Waals surface area contributed by atoms with Crippen molar-refractivity contribution in [2.45, 2.75) is 19.0 Å².